The lowest BCUT2D eigenvalue weighted by atomic mass is 10.1. The molecule has 6 heteroatoms. The molecular weight excluding hydrogens is 316 g/mol. The van der Waals surface area contributed by atoms with Crippen LogP contribution in [-0.4, -0.2) is 28.2 Å². The second-order valence-electron chi connectivity index (χ2n) is 5.77. The summed E-state index contributed by atoms with van der Waals surface area (Å²) in [6, 6.07) is 15.6. The highest BCUT2D eigenvalue weighted by Crippen LogP contribution is 2.17. The molecule has 0 bridgehead atoms. The molecule has 25 heavy (non-hydrogen) atoms. The number of nitrogens with zero attached hydrogens (tertiary/aromatic N) is 2. The average molecular weight is 336 g/mol. The Morgan fingerprint density at radius 2 is 1.84 bits per heavy atom. The lowest BCUT2D eigenvalue weighted by Gasteiger charge is -2.03. The van der Waals surface area contributed by atoms with E-state index in [9.17, 15) is 4.79 Å². The van der Waals surface area contributed by atoms with Gasteiger partial charge in [0.1, 0.15) is 5.75 Å². The largest absolute Gasteiger partial charge is 0.497 e. The standard InChI is InChI=1S/C19H20N4O2/c1-13-3-8-15(9-4-13)18-21-19(23-22-18)20-17(24)12-7-14-5-10-16(25-2)11-6-14/h3-6,8-11H,7,12H2,1-2H3,(H2,20,21,22,23,24). The summed E-state index contributed by atoms with van der Waals surface area (Å²) in [4.78, 5) is 16.4. The fourth-order valence-corrected chi connectivity index (χ4v) is 2.40. The van der Waals surface area contributed by atoms with E-state index in [4.69, 9.17) is 4.74 Å². The van der Waals surface area contributed by atoms with Crippen molar-refractivity contribution in [1.29, 1.82) is 0 Å². The normalized spacial score (nSPS) is 10.5. The molecule has 0 unspecified atom stereocenters. The minimum absolute atomic E-state index is 0.120. The number of hydrogen-bond acceptors (Lipinski definition) is 4. The Bertz CT molecular complexity index is 839. The number of anilines is 1. The fourth-order valence-electron chi connectivity index (χ4n) is 2.40. The van der Waals surface area contributed by atoms with Crippen molar-refractivity contribution in [3.63, 3.8) is 0 Å². The van der Waals surface area contributed by atoms with Crippen LogP contribution in [0.2, 0.25) is 0 Å². The van der Waals surface area contributed by atoms with Crippen molar-refractivity contribution < 1.29 is 9.53 Å². The smallest absolute Gasteiger partial charge is 0.249 e. The molecule has 0 saturated heterocycles. The number of aromatic amines is 1. The number of carbonyl (C=O) groups is 1. The van der Waals surface area contributed by atoms with Crippen LogP contribution in [0.15, 0.2) is 48.5 Å². The quantitative estimate of drug-likeness (QED) is 0.723. The molecule has 3 aromatic rings. The van der Waals surface area contributed by atoms with Gasteiger partial charge in [0.15, 0.2) is 5.82 Å². The van der Waals surface area contributed by atoms with Gasteiger partial charge < -0.3 is 4.74 Å². The first-order valence-electron chi connectivity index (χ1n) is 8.06. The predicted molar refractivity (Wildman–Crippen MR) is 96.5 cm³/mol. The van der Waals surface area contributed by atoms with Gasteiger partial charge in [0.25, 0.3) is 0 Å². The van der Waals surface area contributed by atoms with Crippen LogP contribution in [0.3, 0.4) is 0 Å². The Morgan fingerprint density at radius 3 is 2.52 bits per heavy atom. The van der Waals surface area contributed by atoms with Gasteiger partial charge in [-0.25, -0.2) is 0 Å². The van der Waals surface area contributed by atoms with Gasteiger partial charge in [0.05, 0.1) is 7.11 Å². The Kier molecular flexibility index (Phi) is 5.09. The number of aromatic nitrogens is 3. The summed E-state index contributed by atoms with van der Waals surface area (Å²) >= 11 is 0. The summed E-state index contributed by atoms with van der Waals surface area (Å²) in [7, 11) is 1.63. The van der Waals surface area contributed by atoms with E-state index < -0.39 is 0 Å². The van der Waals surface area contributed by atoms with E-state index >= 15 is 0 Å². The maximum atomic E-state index is 12.1. The van der Waals surface area contributed by atoms with Gasteiger partial charge in [-0.2, -0.15) is 4.98 Å². The second kappa shape index (κ2) is 7.61. The minimum Gasteiger partial charge on any atom is -0.497 e. The van der Waals surface area contributed by atoms with Gasteiger partial charge >= 0.3 is 0 Å². The van der Waals surface area contributed by atoms with Crippen LogP contribution < -0.4 is 10.1 Å². The summed E-state index contributed by atoms with van der Waals surface area (Å²) in [5.41, 5.74) is 3.18. The summed E-state index contributed by atoms with van der Waals surface area (Å²) < 4.78 is 5.12. The number of rotatable bonds is 6. The number of H-pyrrole nitrogens is 1. The zero-order valence-corrected chi connectivity index (χ0v) is 14.2. The van der Waals surface area contributed by atoms with Gasteiger partial charge in [0.2, 0.25) is 11.9 Å². The number of nitrogens with one attached hydrogen (secondary N) is 2. The molecule has 2 N–H and O–H groups in total. The van der Waals surface area contributed by atoms with Crippen molar-refractivity contribution in [2.45, 2.75) is 19.8 Å². The van der Waals surface area contributed by atoms with Gasteiger partial charge in [-0.05, 0) is 31.0 Å². The van der Waals surface area contributed by atoms with Crippen LogP contribution >= 0.6 is 0 Å². The molecule has 0 spiro atoms. The van der Waals surface area contributed by atoms with Gasteiger partial charge in [-0.1, -0.05) is 42.0 Å². The number of carbonyl (C=O) groups excluding carboxylic acids is 1. The molecule has 1 heterocycles. The topological polar surface area (TPSA) is 79.9 Å². The van der Waals surface area contributed by atoms with E-state index in [1.54, 1.807) is 7.11 Å². The molecule has 3 rings (SSSR count). The van der Waals surface area contributed by atoms with Crippen LogP contribution in [0.5, 0.6) is 5.75 Å². The van der Waals surface area contributed by atoms with Gasteiger partial charge in [-0.15, -0.1) is 5.10 Å². The number of amides is 1. The Balaban J connectivity index is 1.55. The molecule has 2 aromatic carbocycles. The Hall–Kier alpha value is -3.15. The Labute approximate surface area is 146 Å². The first-order chi connectivity index (χ1) is 12.1. The van der Waals surface area contributed by atoms with E-state index in [1.165, 1.54) is 5.56 Å². The number of benzene rings is 2. The predicted octanol–water partition coefficient (Wildman–Crippen LogP) is 3.36. The molecule has 128 valence electrons. The van der Waals surface area contributed by atoms with Gasteiger partial charge in [-0.3, -0.25) is 15.2 Å². The first-order valence-corrected chi connectivity index (χ1v) is 8.06. The first kappa shape index (κ1) is 16.7. The third-order valence-electron chi connectivity index (χ3n) is 3.86. The molecule has 0 aliphatic heterocycles. The van der Waals surface area contributed by atoms with Crippen molar-refractivity contribution in [3.05, 3.63) is 59.7 Å². The highest BCUT2D eigenvalue weighted by atomic mass is 16.5. The Morgan fingerprint density at radius 1 is 1.12 bits per heavy atom. The van der Waals surface area contributed by atoms with Crippen LogP contribution in [0.4, 0.5) is 5.95 Å². The highest BCUT2D eigenvalue weighted by Gasteiger charge is 2.09. The summed E-state index contributed by atoms with van der Waals surface area (Å²) in [6.07, 6.45) is 1.01. The van der Waals surface area contributed by atoms with E-state index in [-0.39, 0.29) is 11.9 Å². The van der Waals surface area contributed by atoms with Crippen molar-refractivity contribution in [2.75, 3.05) is 12.4 Å². The zero-order valence-electron chi connectivity index (χ0n) is 14.2. The SMILES string of the molecule is COc1ccc(CCC(=O)Nc2n[nH]c(-c3ccc(C)cc3)n2)cc1. The summed E-state index contributed by atoms with van der Waals surface area (Å²) in [5.74, 6) is 1.60. The molecule has 0 aliphatic rings. The monoisotopic (exact) mass is 336 g/mol. The van der Waals surface area contributed by atoms with Crippen LogP contribution in [-0.2, 0) is 11.2 Å². The number of hydrogen-bond donors (Lipinski definition) is 2. The molecular formula is C19H20N4O2. The van der Waals surface area contributed by atoms with Crippen molar-refractivity contribution in [3.8, 4) is 17.1 Å². The fraction of sp³-hybridized carbons (Fsp3) is 0.211. The summed E-state index contributed by atoms with van der Waals surface area (Å²) in [6.45, 7) is 2.03. The van der Waals surface area contributed by atoms with E-state index in [1.807, 2.05) is 55.5 Å². The number of aryl methyl sites for hydroxylation is 2. The molecule has 0 atom stereocenters. The van der Waals surface area contributed by atoms with Crippen LogP contribution in [0.25, 0.3) is 11.4 Å². The molecule has 1 amide bonds. The molecule has 0 fully saturated rings. The lowest BCUT2D eigenvalue weighted by molar-refractivity contribution is -0.116. The van der Waals surface area contributed by atoms with Crippen LogP contribution in [0.1, 0.15) is 17.5 Å². The third kappa shape index (κ3) is 4.44. The van der Waals surface area contributed by atoms with Crippen LogP contribution in [0, 0.1) is 6.92 Å². The lowest BCUT2D eigenvalue weighted by Crippen LogP contribution is -2.13. The summed E-state index contributed by atoms with van der Waals surface area (Å²) in [5, 5.41) is 9.61. The van der Waals surface area contributed by atoms with Gasteiger partial charge in [0, 0.05) is 12.0 Å². The number of ether oxygens (including phenoxy) is 1. The maximum absolute atomic E-state index is 12.1. The highest BCUT2D eigenvalue weighted by molar-refractivity contribution is 5.89. The molecule has 0 aliphatic carbocycles. The average Bonchev–Trinajstić information content (AvgIpc) is 3.09. The maximum Gasteiger partial charge on any atom is 0.249 e. The van der Waals surface area contributed by atoms with Crippen molar-refractivity contribution in [1.82, 2.24) is 15.2 Å². The molecule has 0 saturated carbocycles. The van der Waals surface area contributed by atoms with Crippen molar-refractivity contribution in [2.24, 2.45) is 0 Å². The molecule has 1 aromatic heterocycles. The van der Waals surface area contributed by atoms with E-state index in [0.29, 0.717) is 18.7 Å². The number of methoxy groups -OCH3 is 1. The van der Waals surface area contributed by atoms with E-state index in [0.717, 1.165) is 16.9 Å². The van der Waals surface area contributed by atoms with E-state index in [2.05, 4.69) is 20.5 Å². The third-order valence-corrected chi connectivity index (χ3v) is 3.86. The zero-order chi connectivity index (χ0) is 17.6. The molecule has 0 radical (unpaired) electrons. The molecule has 6 nitrogen and oxygen atoms in total. The van der Waals surface area contributed by atoms with Crippen molar-refractivity contribution >= 4 is 11.9 Å². The minimum atomic E-state index is -0.120. The second-order valence-corrected chi connectivity index (χ2v) is 5.77.